The van der Waals surface area contributed by atoms with Crippen LogP contribution in [-0.2, 0) is 12.6 Å². The van der Waals surface area contributed by atoms with Crippen molar-refractivity contribution in [1.82, 2.24) is 0 Å². The van der Waals surface area contributed by atoms with Gasteiger partial charge in [-0.2, -0.15) is 13.2 Å². The molecule has 20 heavy (non-hydrogen) atoms. The van der Waals surface area contributed by atoms with Crippen LogP contribution in [0.15, 0.2) is 48.5 Å². The van der Waals surface area contributed by atoms with Crippen molar-refractivity contribution in [3.8, 4) is 0 Å². The van der Waals surface area contributed by atoms with Crippen molar-refractivity contribution in [2.24, 2.45) is 0 Å². The Hall–Kier alpha value is -1.77. The van der Waals surface area contributed by atoms with Crippen molar-refractivity contribution in [2.45, 2.75) is 31.4 Å². The van der Waals surface area contributed by atoms with Crippen molar-refractivity contribution in [3.05, 3.63) is 70.8 Å². The number of halogens is 3. The van der Waals surface area contributed by atoms with Gasteiger partial charge in [0, 0.05) is 5.92 Å². The molecule has 0 N–H and O–H groups in total. The summed E-state index contributed by atoms with van der Waals surface area (Å²) in [5, 5.41) is 0. The highest BCUT2D eigenvalue weighted by Gasteiger charge is 2.32. The van der Waals surface area contributed by atoms with Gasteiger partial charge in [-0.15, -0.1) is 0 Å². The smallest absolute Gasteiger partial charge is 0.166 e. The zero-order chi connectivity index (χ0) is 14.2. The first kappa shape index (κ1) is 13.2. The van der Waals surface area contributed by atoms with Gasteiger partial charge in [0.15, 0.2) is 0 Å². The number of alkyl halides is 3. The van der Waals surface area contributed by atoms with Crippen LogP contribution in [0, 0.1) is 0 Å². The molecule has 1 atom stereocenters. The molecule has 0 radical (unpaired) electrons. The molecule has 1 aliphatic rings. The molecule has 0 aromatic heterocycles. The first-order valence-electron chi connectivity index (χ1n) is 6.80. The van der Waals surface area contributed by atoms with E-state index in [4.69, 9.17) is 0 Å². The summed E-state index contributed by atoms with van der Waals surface area (Å²) in [4.78, 5) is 0. The van der Waals surface area contributed by atoms with E-state index < -0.39 is 11.7 Å². The standard InChI is InChI=1S/C17H15F3/c18-17(19,20)14-9-10-16-13(11-14)7-4-8-15(16)12-5-2-1-3-6-12/h1-3,5-6,9-11,15H,4,7-8H2. The molecule has 0 bridgehead atoms. The molecule has 0 aliphatic heterocycles. The van der Waals surface area contributed by atoms with Gasteiger partial charge in [-0.05, 0) is 48.1 Å². The molecule has 0 saturated heterocycles. The predicted molar refractivity (Wildman–Crippen MR) is 72.7 cm³/mol. The molecule has 1 unspecified atom stereocenters. The number of rotatable bonds is 1. The van der Waals surface area contributed by atoms with Crippen molar-refractivity contribution in [1.29, 1.82) is 0 Å². The lowest BCUT2D eigenvalue weighted by Gasteiger charge is -2.26. The lowest BCUT2D eigenvalue weighted by Crippen LogP contribution is -2.13. The van der Waals surface area contributed by atoms with Crippen LogP contribution in [0.25, 0.3) is 0 Å². The van der Waals surface area contributed by atoms with Crippen LogP contribution in [0.3, 0.4) is 0 Å². The Balaban J connectivity index is 2.02. The number of hydrogen-bond acceptors (Lipinski definition) is 0. The summed E-state index contributed by atoms with van der Waals surface area (Å²) in [5.41, 5.74) is 2.55. The third-order valence-electron chi connectivity index (χ3n) is 3.99. The zero-order valence-electron chi connectivity index (χ0n) is 11.0. The zero-order valence-corrected chi connectivity index (χ0v) is 11.0. The topological polar surface area (TPSA) is 0 Å². The fourth-order valence-electron chi connectivity index (χ4n) is 3.02. The number of benzene rings is 2. The first-order valence-corrected chi connectivity index (χ1v) is 6.80. The molecule has 3 rings (SSSR count). The van der Waals surface area contributed by atoms with Gasteiger partial charge in [-0.3, -0.25) is 0 Å². The van der Waals surface area contributed by atoms with Crippen LogP contribution in [0.1, 0.15) is 41.0 Å². The molecule has 0 spiro atoms. The fraction of sp³-hybridized carbons (Fsp3) is 0.294. The molecule has 104 valence electrons. The molecule has 0 amide bonds. The second kappa shape index (κ2) is 4.97. The molecule has 2 aromatic carbocycles. The number of fused-ring (bicyclic) bond motifs is 1. The highest BCUT2D eigenvalue weighted by atomic mass is 19.4. The van der Waals surface area contributed by atoms with Crippen LogP contribution in [0.5, 0.6) is 0 Å². The lowest BCUT2D eigenvalue weighted by atomic mass is 9.78. The van der Waals surface area contributed by atoms with Gasteiger partial charge >= 0.3 is 6.18 Å². The maximum absolute atomic E-state index is 12.8. The summed E-state index contributed by atoms with van der Waals surface area (Å²) >= 11 is 0. The Morgan fingerprint density at radius 3 is 2.40 bits per heavy atom. The Bertz CT molecular complexity index is 599. The lowest BCUT2D eigenvalue weighted by molar-refractivity contribution is -0.137. The van der Waals surface area contributed by atoms with Gasteiger partial charge in [0.1, 0.15) is 0 Å². The van der Waals surface area contributed by atoms with E-state index in [1.807, 2.05) is 18.2 Å². The average molecular weight is 276 g/mol. The van der Waals surface area contributed by atoms with Crippen LogP contribution in [-0.4, -0.2) is 0 Å². The number of hydrogen-bond donors (Lipinski definition) is 0. The minimum atomic E-state index is -4.26. The van der Waals surface area contributed by atoms with E-state index in [1.165, 1.54) is 17.7 Å². The minimum Gasteiger partial charge on any atom is -0.166 e. The second-order valence-corrected chi connectivity index (χ2v) is 5.27. The fourth-order valence-corrected chi connectivity index (χ4v) is 3.02. The molecule has 2 aromatic rings. The SMILES string of the molecule is FC(F)(F)c1ccc2c(c1)CCCC2c1ccccc1. The molecule has 0 fully saturated rings. The summed E-state index contributed by atoms with van der Waals surface area (Å²) in [6.07, 6.45) is -1.58. The van der Waals surface area contributed by atoms with Crippen molar-refractivity contribution in [3.63, 3.8) is 0 Å². The normalized spacial score (nSPS) is 18.6. The average Bonchev–Trinajstić information content (AvgIpc) is 2.46. The Labute approximate surface area is 116 Å². The van der Waals surface area contributed by atoms with Crippen LogP contribution < -0.4 is 0 Å². The summed E-state index contributed by atoms with van der Waals surface area (Å²) in [6, 6.07) is 14.2. The third kappa shape index (κ3) is 2.45. The van der Waals surface area contributed by atoms with Crippen molar-refractivity contribution >= 4 is 0 Å². The summed E-state index contributed by atoms with van der Waals surface area (Å²) < 4.78 is 38.3. The van der Waals surface area contributed by atoms with Crippen LogP contribution in [0.2, 0.25) is 0 Å². The third-order valence-corrected chi connectivity index (χ3v) is 3.99. The summed E-state index contributed by atoms with van der Waals surface area (Å²) in [5.74, 6) is 0.224. The first-order chi connectivity index (χ1) is 9.55. The van der Waals surface area contributed by atoms with E-state index >= 15 is 0 Å². The van der Waals surface area contributed by atoms with Gasteiger partial charge in [-0.25, -0.2) is 0 Å². The second-order valence-electron chi connectivity index (χ2n) is 5.27. The van der Waals surface area contributed by atoms with Crippen LogP contribution in [0.4, 0.5) is 13.2 Å². The van der Waals surface area contributed by atoms with Gasteiger partial charge in [0.05, 0.1) is 5.56 Å². The van der Waals surface area contributed by atoms with E-state index in [-0.39, 0.29) is 5.92 Å². The van der Waals surface area contributed by atoms with Crippen LogP contribution >= 0.6 is 0 Å². The molecule has 0 heterocycles. The summed E-state index contributed by atoms with van der Waals surface area (Å²) in [6.45, 7) is 0. The molecule has 0 saturated carbocycles. The van der Waals surface area contributed by atoms with E-state index in [0.717, 1.165) is 30.4 Å². The molecule has 0 nitrogen and oxygen atoms in total. The van der Waals surface area contributed by atoms with Gasteiger partial charge < -0.3 is 0 Å². The van der Waals surface area contributed by atoms with Gasteiger partial charge in [0.2, 0.25) is 0 Å². The van der Waals surface area contributed by atoms with Crippen molar-refractivity contribution in [2.75, 3.05) is 0 Å². The van der Waals surface area contributed by atoms with Gasteiger partial charge in [-0.1, -0.05) is 36.4 Å². The Morgan fingerprint density at radius 1 is 0.950 bits per heavy atom. The molecule has 3 heteroatoms. The monoisotopic (exact) mass is 276 g/mol. The molecule has 1 aliphatic carbocycles. The predicted octanol–water partition coefficient (Wildman–Crippen LogP) is 5.17. The largest absolute Gasteiger partial charge is 0.416 e. The molecular formula is C17H15F3. The van der Waals surface area contributed by atoms with Gasteiger partial charge in [0.25, 0.3) is 0 Å². The van der Waals surface area contributed by atoms with Crippen molar-refractivity contribution < 1.29 is 13.2 Å². The highest BCUT2D eigenvalue weighted by Crippen LogP contribution is 2.39. The maximum atomic E-state index is 12.8. The minimum absolute atomic E-state index is 0.224. The molecular weight excluding hydrogens is 261 g/mol. The Morgan fingerprint density at radius 2 is 1.70 bits per heavy atom. The summed E-state index contributed by atoms with van der Waals surface area (Å²) in [7, 11) is 0. The quantitative estimate of drug-likeness (QED) is 0.673. The van der Waals surface area contributed by atoms with E-state index in [2.05, 4.69) is 12.1 Å². The van der Waals surface area contributed by atoms with E-state index in [1.54, 1.807) is 6.07 Å². The highest BCUT2D eigenvalue weighted by molar-refractivity contribution is 5.42. The number of aryl methyl sites for hydroxylation is 1. The Kier molecular flexibility index (Phi) is 3.28. The van der Waals surface area contributed by atoms with E-state index in [0.29, 0.717) is 0 Å². The maximum Gasteiger partial charge on any atom is 0.416 e. The van der Waals surface area contributed by atoms with E-state index in [9.17, 15) is 13.2 Å².